The maximum absolute atomic E-state index is 10.2. The van der Waals surface area contributed by atoms with Crippen LogP contribution in [0.1, 0.15) is 87.5 Å². The van der Waals surface area contributed by atoms with Gasteiger partial charge in [-0.25, -0.2) is 0 Å². The zero-order chi connectivity index (χ0) is 21.4. The standard InChI is InChI=1S/C28H36O2/c1-5-25-13-26(6-2)16-27(14-25,21-7-9-23(29)19(3)11-21)18-28(15-25,17-26)22-8-10-24(30)20(4)12-22/h7-12,29-30H,5-6,13-18H2,1-4H3. The van der Waals surface area contributed by atoms with Crippen LogP contribution in [-0.2, 0) is 10.8 Å². The molecule has 2 heteroatoms. The van der Waals surface area contributed by atoms with Crippen molar-refractivity contribution >= 4 is 0 Å². The minimum absolute atomic E-state index is 0.186. The molecule has 0 radical (unpaired) electrons. The Morgan fingerprint density at radius 2 is 1.03 bits per heavy atom. The third kappa shape index (κ3) is 2.68. The van der Waals surface area contributed by atoms with Crippen LogP contribution in [0.25, 0.3) is 0 Å². The van der Waals surface area contributed by atoms with E-state index in [0.29, 0.717) is 22.3 Å². The highest BCUT2D eigenvalue weighted by Gasteiger charge is 2.67. The summed E-state index contributed by atoms with van der Waals surface area (Å²) in [7, 11) is 0. The molecule has 0 spiro atoms. The smallest absolute Gasteiger partial charge is 0.118 e. The monoisotopic (exact) mass is 404 g/mol. The van der Waals surface area contributed by atoms with Crippen molar-refractivity contribution in [3.05, 3.63) is 58.7 Å². The summed E-state index contributed by atoms with van der Waals surface area (Å²) in [5.41, 5.74) is 6.02. The fourth-order valence-electron chi connectivity index (χ4n) is 8.40. The van der Waals surface area contributed by atoms with E-state index in [4.69, 9.17) is 0 Å². The first-order valence-electron chi connectivity index (χ1n) is 11.8. The number of rotatable bonds is 4. The van der Waals surface area contributed by atoms with Crippen LogP contribution in [0.3, 0.4) is 0 Å². The zero-order valence-corrected chi connectivity index (χ0v) is 19.0. The van der Waals surface area contributed by atoms with Crippen molar-refractivity contribution in [3.8, 4) is 11.5 Å². The van der Waals surface area contributed by atoms with Gasteiger partial charge in [0.15, 0.2) is 0 Å². The van der Waals surface area contributed by atoms with Crippen LogP contribution >= 0.6 is 0 Å². The normalized spacial score (nSPS) is 36.9. The first kappa shape index (κ1) is 20.0. The van der Waals surface area contributed by atoms with E-state index in [2.05, 4.69) is 38.1 Å². The molecule has 0 saturated heterocycles. The summed E-state index contributed by atoms with van der Waals surface area (Å²) in [5.74, 6) is 0.811. The molecule has 4 saturated carbocycles. The van der Waals surface area contributed by atoms with Gasteiger partial charge in [-0.2, -0.15) is 0 Å². The molecular weight excluding hydrogens is 368 g/mol. The summed E-state index contributed by atoms with van der Waals surface area (Å²) >= 11 is 0. The Kier molecular flexibility index (Phi) is 4.18. The average molecular weight is 405 g/mol. The topological polar surface area (TPSA) is 40.5 Å². The van der Waals surface area contributed by atoms with Gasteiger partial charge in [-0.1, -0.05) is 51.0 Å². The Bertz CT molecular complexity index is 910. The number of hydrogen-bond acceptors (Lipinski definition) is 2. The Morgan fingerprint density at radius 1 is 0.633 bits per heavy atom. The van der Waals surface area contributed by atoms with Gasteiger partial charge in [0.1, 0.15) is 11.5 Å². The second-order valence-electron chi connectivity index (χ2n) is 11.3. The molecule has 0 atom stereocenters. The zero-order valence-electron chi connectivity index (χ0n) is 19.0. The lowest BCUT2D eigenvalue weighted by molar-refractivity contribution is -0.145. The molecule has 2 nitrogen and oxygen atoms in total. The predicted octanol–water partition coefficient (Wildman–Crippen LogP) is 7.06. The van der Waals surface area contributed by atoms with Crippen LogP contribution in [0.2, 0.25) is 0 Å². The molecule has 4 aliphatic carbocycles. The molecule has 0 amide bonds. The van der Waals surface area contributed by atoms with Crippen molar-refractivity contribution in [2.45, 2.75) is 89.9 Å². The van der Waals surface area contributed by atoms with E-state index >= 15 is 0 Å². The van der Waals surface area contributed by atoms with E-state index in [0.717, 1.165) is 11.1 Å². The summed E-state index contributed by atoms with van der Waals surface area (Å²) in [6, 6.07) is 12.8. The molecular formula is C28H36O2. The van der Waals surface area contributed by atoms with Crippen molar-refractivity contribution in [1.82, 2.24) is 0 Å². The van der Waals surface area contributed by atoms with Crippen LogP contribution in [0.5, 0.6) is 11.5 Å². The molecule has 160 valence electrons. The second kappa shape index (κ2) is 6.28. The fraction of sp³-hybridized carbons (Fsp3) is 0.571. The van der Waals surface area contributed by atoms with E-state index in [9.17, 15) is 10.2 Å². The van der Waals surface area contributed by atoms with Crippen molar-refractivity contribution in [2.75, 3.05) is 0 Å². The highest BCUT2D eigenvalue weighted by atomic mass is 16.3. The Labute approximate surface area is 181 Å². The molecule has 2 aromatic rings. The number of aromatic hydroxyl groups is 2. The Morgan fingerprint density at radius 3 is 1.37 bits per heavy atom. The fourth-order valence-corrected chi connectivity index (χ4v) is 8.40. The van der Waals surface area contributed by atoms with Gasteiger partial charge >= 0.3 is 0 Å². The van der Waals surface area contributed by atoms with E-state index in [1.54, 1.807) is 0 Å². The van der Waals surface area contributed by atoms with Gasteiger partial charge in [0, 0.05) is 0 Å². The van der Waals surface area contributed by atoms with Gasteiger partial charge in [-0.15, -0.1) is 0 Å². The maximum atomic E-state index is 10.2. The number of phenols is 2. The molecule has 2 aromatic carbocycles. The van der Waals surface area contributed by atoms with Gasteiger partial charge in [0.25, 0.3) is 0 Å². The SMILES string of the molecule is CCC12CC3(CC)CC(c4ccc(O)c(C)c4)(C1)CC(c1ccc(O)c(C)c1)(C2)C3. The third-order valence-electron chi connectivity index (χ3n) is 9.40. The summed E-state index contributed by atoms with van der Waals surface area (Å²) in [4.78, 5) is 0. The summed E-state index contributed by atoms with van der Waals surface area (Å²) in [5, 5.41) is 20.4. The second-order valence-corrected chi connectivity index (χ2v) is 11.3. The van der Waals surface area contributed by atoms with Crippen LogP contribution in [-0.4, -0.2) is 10.2 Å². The third-order valence-corrected chi connectivity index (χ3v) is 9.40. The molecule has 30 heavy (non-hydrogen) atoms. The molecule has 0 heterocycles. The molecule has 0 unspecified atom stereocenters. The Hall–Kier alpha value is -1.96. The van der Waals surface area contributed by atoms with E-state index in [1.165, 1.54) is 62.5 Å². The van der Waals surface area contributed by atoms with Crippen LogP contribution in [0.15, 0.2) is 36.4 Å². The number of benzene rings is 2. The van der Waals surface area contributed by atoms with Crippen molar-refractivity contribution in [2.24, 2.45) is 10.8 Å². The highest BCUT2D eigenvalue weighted by molar-refractivity contribution is 5.46. The number of phenolic OH excluding ortho intramolecular Hbond substituents is 2. The summed E-state index contributed by atoms with van der Waals surface area (Å²) in [6.07, 6.45) is 10.2. The number of hydrogen-bond donors (Lipinski definition) is 2. The van der Waals surface area contributed by atoms with Crippen molar-refractivity contribution in [1.29, 1.82) is 0 Å². The maximum Gasteiger partial charge on any atom is 0.118 e. The lowest BCUT2D eigenvalue weighted by Crippen LogP contribution is -2.64. The van der Waals surface area contributed by atoms with Gasteiger partial charge in [-0.3, -0.25) is 0 Å². The molecule has 4 fully saturated rings. The molecule has 0 aromatic heterocycles. The first-order chi connectivity index (χ1) is 14.2. The van der Waals surface area contributed by atoms with Crippen molar-refractivity contribution in [3.63, 3.8) is 0 Å². The largest absolute Gasteiger partial charge is 0.508 e. The van der Waals surface area contributed by atoms with Gasteiger partial charge < -0.3 is 10.2 Å². The lowest BCUT2D eigenvalue weighted by atomic mass is 9.33. The minimum Gasteiger partial charge on any atom is -0.508 e. The molecule has 0 aliphatic heterocycles. The molecule has 4 aliphatic rings. The quantitative estimate of drug-likeness (QED) is 0.572. The average Bonchev–Trinajstić information content (AvgIpc) is 2.71. The predicted molar refractivity (Wildman–Crippen MR) is 122 cm³/mol. The Balaban J connectivity index is 1.72. The van der Waals surface area contributed by atoms with Gasteiger partial charge in [0.2, 0.25) is 0 Å². The number of aryl methyl sites for hydroxylation is 2. The van der Waals surface area contributed by atoms with Crippen LogP contribution < -0.4 is 0 Å². The minimum atomic E-state index is 0.186. The first-order valence-corrected chi connectivity index (χ1v) is 11.8. The molecule has 4 bridgehead atoms. The lowest BCUT2D eigenvalue weighted by Gasteiger charge is -2.71. The van der Waals surface area contributed by atoms with E-state index < -0.39 is 0 Å². The van der Waals surface area contributed by atoms with Crippen molar-refractivity contribution < 1.29 is 10.2 Å². The van der Waals surface area contributed by atoms with E-state index in [1.807, 2.05) is 26.0 Å². The highest BCUT2D eigenvalue weighted by Crippen LogP contribution is 2.75. The summed E-state index contributed by atoms with van der Waals surface area (Å²) < 4.78 is 0. The van der Waals surface area contributed by atoms with Crippen LogP contribution in [0, 0.1) is 24.7 Å². The van der Waals surface area contributed by atoms with Gasteiger partial charge in [0.05, 0.1) is 0 Å². The van der Waals surface area contributed by atoms with E-state index in [-0.39, 0.29) is 10.8 Å². The molecule has 2 N–H and O–H groups in total. The van der Waals surface area contributed by atoms with Crippen LogP contribution in [0.4, 0.5) is 0 Å². The summed E-state index contributed by atoms with van der Waals surface area (Å²) in [6.45, 7) is 8.87. The molecule has 6 rings (SSSR count). The van der Waals surface area contributed by atoms with Gasteiger partial charge in [-0.05, 0) is 108 Å².